The molecule has 0 spiro atoms. The first-order chi connectivity index (χ1) is 7.16. The van der Waals surface area contributed by atoms with E-state index in [0.29, 0.717) is 5.03 Å². The fourth-order valence-electron chi connectivity index (χ4n) is 1.14. The molecule has 0 bridgehead atoms. The Kier molecular flexibility index (Phi) is 5.96. The fraction of sp³-hybridized carbons (Fsp3) is 0.600. The number of carboxylic acids is 1. The molecular formula is C10H17NO3S2. The number of Topliss-reactive ketones (excluding diaryl/α,β-unsaturated/α-hetero) is 1. The predicted molar refractivity (Wildman–Crippen MR) is 69.0 cm³/mol. The van der Waals surface area contributed by atoms with Crippen LogP contribution in [-0.4, -0.2) is 21.6 Å². The van der Waals surface area contributed by atoms with Gasteiger partial charge < -0.3 is 15.6 Å². The van der Waals surface area contributed by atoms with Gasteiger partial charge in [0.25, 0.3) is 0 Å². The van der Waals surface area contributed by atoms with E-state index in [1.807, 2.05) is 0 Å². The van der Waals surface area contributed by atoms with Gasteiger partial charge in [-0.15, -0.1) is 0 Å². The van der Waals surface area contributed by atoms with Crippen LogP contribution in [-0.2, 0) is 9.59 Å². The van der Waals surface area contributed by atoms with Crippen LogP contribution in [0.25, 0.3) is 0 Å². The van der Waals surface area contributed by atoms with Gasteiger partial charge in [-0.05, 0) is 31.6 Å². The van der Waals surface area contributed by atoms with Crippen molar-refractivity contribution >= 4 is 33.3 Å². The minimum Gasteiger partial charge on any atom is -0.481 e. The molecule has 6 heteroatoms. The predicted octanol–water partition coefficient (Wildman–Crippen LogP) is 2.26. The zero-order chi connectivity index (χ0) is 12.9. The Labute approximate surface area is 103 Å². The van der Waals surface area contributed by atoms with E-state index in [2.05, 4.69) is 6.58 Å². The summed E-state index contributed by atoms with van der Waals surface area (Å²) >= 11 is 0. The molecule has 0 aliphatic rings. The highest BCUT2D eigenvalue weighted by Crippen LogP contribution is 2.43. The van der Waals surface area contributed by atoms with Gasteiger partial charge in [0.15, 0.2) is 0 Å². The van der Waals surface area contributed by atoms with Gasteiger partial charge in [-0.25, -0.2) is 0 Å². The van der Waals surface area contributed by atoms with E-state index in [4.69, 9.17) is 10.8 Å². The van der Waals surface area contributed by atoms with Crippen LogP contribution in [0, 0.1) is 5.92 Å². The molecule has 0 amide bonds. The summed E-state index contributed by atoms with van der Waals surface area (Å²) in [6.07, 6.45) is 0.0347. The van der Waals surface area contributed by atoms with Crippen molar-refractivity contribution in [3.05, 3.63) is 11.6 Å². The van der Waals surface area contributed by atoms with Crippen molar-refractivity contribution in [1.29, 1.82) is 0 Å². The van der Waals surface area contributed by atoms with Crippen molar-refractivity contribution < 1.29 is 14.7 Å². The second-order valence-corrected chi connectivity index (χ2v) is 6.94. The maximum absolute atomic E-state index is 11.1. The first-order valence-electron chi connectivity index (χ1n) is 4.69. The Balaban J connectivity index is 4.67. The summed E-state index contributed by atoms with van der Waals surface area (Å²) in [5.41, 5.74) is 5.41. The molecule has 0 aliphatic carbocycles. The Morgan fingerprint density at radius 3 is 2.31 bits per heavy atom. The van der Waals surface area contributed by atoms with Crippen molar-refractivity contribution in [3.8, 4) is 0 Å². The summed E-state index contributed by atoms with van der Waals surface area (Å²) in [5.74, 6) is -1.81. The van der Waals surface area contributed by atoms with Gasteiger partial charge in [-0.1, -0.05) is 17.4 Å². The highest BCUT2D eigenvalue weighted by molar-refractivity contribution is 8.78. The van der Waals surface area contributed by atoms with Crippen molar-refractivity contribution in [2.45, 2.75) is 31.9 Å². The molecule has 0 fully saturated rings. The normalized spacial score (nSPS) is 13.2. The van der Waals surface area contributed by atoms with Crippen LogP contribution in [0.5, 0.6) is 0 Å². The fourth-order valence-corrected chi connectivity index (χ4v) is 3.07. The topological polar surface area (TPSA) is 80.4 Å². The molecule has 0 aromatic carbocycles. The maximum atomic E-state index is 11.1. The Morgan fingerprint density at radius 1 is 1.50 bits per heavy atom. The van der Waals surface area contributed by atoms with E-state index in [9.17, 15) is 9.59 Å². The molecule has 16 heavy (non-hydrogen) atoms. The number of aliphatic carboxylic acids is 1. The summed E-state index contributed by atoms with van der Waals surface area (Å²) in [5, 5.41) is 9.52. The van der Waals surface area contributed by atoms with E-state index < -0.39 is 16.6 Å². The smallest absolute Gasteiger partial charge is 0.308 e. The lowest BCUT2D eigenvalue weighted by Crippen LogP contribution is -2.35. The number of hydrogen-bond donors (Lipinski definition) is 2. The number of ketones is 1. The first-order valence-corrected chi connectivity index (χ1v) is 6.84. The largest absolute Gasteiger partial charge is 0.481 e. The number of carbonyl (C=O) groups is 2. The van der Waals surface area contributed by atoms with Gasteiger partial charge in [-0.2, -0.15) is 0 Å². The summed E-state index contributed by atoms with van der Waals surface area (Å²) in [6, 6.07) is 0. The van der Waals surface area contributed by atoms with Gasteiger partial charge in [0.2, 0.25) is 0 Å². The van der Waals surface area contributed by atoms with E-state index in [0.717, 1.165) is 0 Å². The van der Waals surface area contributed by atoms with Gasteiger partial charge in [0, 0.05) is 11.2 Å². The zero-order valence-corrected chi connectivity index (χ0v) is 11.3. The molecule has 0 saturated carbocycles. The Hall–Kier alpha value is -0.620. The lowest BCUT2D eigenvalue weighted by Gasteiger charge is -2.29. The standard InChI is InChI=1S/C10H17NO3S2/c1-6(12)5-8(9(13)14)10(3,4)16-15-7(2)11/h8H,2,5,11H2,1,3-4H3,(H,13,14). The van der Waals surface area contributed by atoms with Crippen molar-refractivity contribution in [1.82, 2.24) is 0 Å². The summed E-state index contributed by atoms with van der Waals surface area (Å²) in [6.45, 7) is 8.50. The summed E-state index contributed by atoms with van der Waals surface area (Å²) in [7, 11) is 2.56. The summed E-state index contributed by atoms with van der Waals surface area (Å²) in [4.78, 5) is 22.1. The lowest BCUT2D eigenvalue weighted by molar-refractivity contribution is -0.144. The molecule has 0 aromatic rings. The molecule has 0 rings (SSSR count). The minimum absolute atomic E-state index is 0.0347. The van der Waals surface area contributed by atoms with Crippen LogP contribution in [0.4, 0.5) is 0 Å². The molecule has 1 atom stereocenters. The highest BCUT2D eigenvalue weighted by atomic mass is 33.1. The van der Waals surface area contributed by atoms with E-state index in [1.54, 1.807) is 13.8 Å². The number of carboxylic acid groups (broad SMARTS) is 1. The molecule has 0 radical (unpaired) electrons. The van der Waals surface area contributed by atoms with E-state index in [-0.39, 0.29) is 12.2 Å². The number of hydrogen-bond acceptors (Lipinski definition) is 5. The first kappa shape index (κ1) is 15.4. The third-order valence-electron chi connectivity index (χ3n) is 1.99. The molecule has 0 heterocycles. The molecule has 92 valence electrons. The minimum atomic E-state index is -0.962. The number of carbonyl (C=O) groups excluding carboxylic acids is 1. The molecule has 1 unspecified atom stereocenters. The third-order valence-corrected chi connectivity index (χ3v) is 5.18. The average molecular weight is 263 g/mol. The van der Waals surface area contributed by atoms with Crippen LogP contribution in [0.2, 0.25) is 0 Å². The third kappa shape index (κ3) is 5.46. The Morgan fingerprint density at radius 2 is 2.00 bits per heavy atom. The van der Waals surface area contributed by atoms with Crippen LogP contribution in [0.1, 0.15) is 27.2 Å². The van der Waals surface area contributed by atoms with Gasteiger partial charge in [0.1, 0.15) is 5.78 Å². The number of nitrogens with two attached hydrogens (primary N) is 1. The van der Waals surface area contributed by atoms with E-state index in [1.165, 1.54) is 28.5 Å². The second-order valence-electron chi connectivity index (χ2n) is 4.03. The molecule has 4 nitrogen and oxygen atoms in total. The quantitative estimate of drug-likeness (QED) is 0.686. The second kappa shape index (κ2) is 6.20. The monoisotopic (exact) mass is 263 g/mol. The molecule has 0 aromatic heterocycles. The summed E-state index contributed by atoms with van der Waals surface area (Å²) < 4.78 is -0.579. The maximum Gasteiger partial charge on any atom is 0.308 e. The van der Waals surface area contributed by atoms with Crippen molar-refractivity contribution in [2.75, 3.05) is 0 Å². The van der Waals surface area contributed by atoms with Gasteiger partial charge in [-0.3, -0.25) is 4.79 Å². The number of rotatable bonds is 7. The lowest BCUT2D eigenvalue weighted by atomic mass is 9.90. The average Bonchev–Trinajstić information content (AvgIpc) is 2.10. The molecule has 0 saturated heterocycles. The van der Waals surface area contributed by atoms with Crippen molar-refractivity contribution in [3.63, 3.8) is 0 Å². The molecular weight excluding hydrogens is 246 g/mol. The van der Waals surface area contributed by atoms with E-state index >= 15 is 0 Å². The van der Waals surface area contributed by atoms with Crippen LogP contribution >= 0.6 is 21.6 Å². The van der Waals surface area contributed by atoms with Crippen LogP contribution in [0.15, 0.2) is 11.6 Å². The Bertz CT molecular complexity index is 302. The van der Waals surface area contributed by atoms with Crippen LogP contribution < -0.4 is 5.73 Å². The SMILES string of the molecule is C=C(N)SSC(C)(C)C(CC(C)=O)C(=O)O. The van der Waals surface area contributed by atoms with Gasteiger partial charge in [0.05, 0.1) is 10.9 Å². The molecule has 0 aliphatic heterocycles. The highest BCUT2D eigenvalue weighted by Gasteiger charge is 2.37. The van der Waals surface area contributed by atoms with Crippen LogP contribution in [0.3, 0.4) is 0 Å². The molecule has 3 N–H and O–H groups in total. The zero-order valence-electron chi connectivity index (χ0n) is 9.65. The van der Waals surface area contributed by atoms with Crippen molar-refractivity contribution in [2.24, 2.45) is 11.7 Å². The van der Waals surface area contributed by atoms with Gasteiger partial charge >= 0.3 is 5.97 Å².